The number of nitrogens with one attached hydrogen (secondary N) is 1. The van der Waals surface area contributed by atoms with Gasteiger partial charge >= 0.3 is 0 Å². The van der Waals surface area contributed by atoms with Crippen LogP contribution in [0.3, 0.4) is 0 Å². The second-order valence-electron chi connectivity index (χ2n) is 7.62. The molecule has 0 unspecified atom stereocenters. The van der Waals surface area contributed by atoms with E-state index in [1.54, 1.807) is 18.0 Å². The minimum absolute atomic E-state index is 0.114. The largest absolute Gasteiger partial charge is 0.352 e. The SMILES string of the molecule is O=C(NCCc1cccnc1)c1ccc2c(c1)N=C(c1ccc(Cl)cc1)c1ccccc1S2. The summed E-state index contributed by atoms with van der Waals surface area (Å²) in [4.78, 5) is 24.1. The van der Waals surface area contributed by atoms with Crippen molar-refractivity contribution < 1.29 is 4.79 Å². The van der Waals surface area contributed by atoms with Gasteiger partial charge in [0.05, 0.1) is 11.4 Å². The quantitative estimate of drug-likeness (QED) is 0.326. The summed E-state index contributed by atoms with van der Waals surface area (Å²) in [5.41, 5.74) is 5.36. The number of carbonyl (C=O) groups is 1. The molecule has 0 saturated heterocycles. The predicted molar refractivity (Wildman–Crippen MR) is 134 cm³/mol. The highest BCUT2D eigenvalue weighted by Crippen LogP contribution is 2.41. The lowest BCUT2D eigenvalue weighted by Gasteiger charge is -2.09. The minimum atomic E-state index is -0.114. The molecule has 0 radical (unpaired) electrons. The number of fused-ring (bicyclic) bond motifs is 2. The van der Waals surface area contributed by atoms with E-state index in [-0.39, 0.29) is 5.91 Å². The van der Waals surface area contributed by atoms with Crippen molar-refractivity contribution in [2.24, 2.45) is 4.99 Å². The molecule has 3 aromatic carbocycles. The van der Waals surface area contributed by atoms with Crippen LogP contribution in [0.2, 0.25) is 5.02 Å². The van der Waals surface area contributed by atoms with Crippen LogP contribution in [0.25, 0.3) is 0 Å². The fourth-order valence-electron chi connectivity index (χ4n) is 3.68. The zero-order valence-corrected chi connectivity index (χ0v) is 19.2. The summed E-state index contributed by atoms with van der Waals surface area (Å²) < 4.78 is 0. The third kappa shape index (κ3) is 4.85. The summed E-state index contributed by atoms with van der Waals surface area (Å²) in [6.07, 6.45) is 4.29. The fourth-order valence-corrected chi connectivity index (χ4v) is 4.81. The maximum Gasteiger partial charge on any atom is 0.251 e. The van der Waals surface area contributed by atoms with Crippen LogP contribution in [-0.4, -0.2) is 23.1 Å². The Bertz CT molecular complexity index is 1340. The fraction of sp³-hybridized carbons (Fsp3) is 0.0741. The number of hydrogen-bond donors (Lipinski definition) is 1. The highest BCUT2D eigenvalue weighted by molar-refractivity contribution is 7.99. The van der Waals surface area contributed by atoms with Gasteiger partial charge in [-0.3, -0.25) is 9.78 Å². The van der Waals surface area contributed by atoms with Crippen molar-refractivity contribution in [3.05, 3.63) is 119 Å². The number of carbonyl (C=O) groups excluding carboxylic acids is 1. The van der Waals surface area contributed by atoms with E-state index in [0.717, 1.165) is 44.3 Å². The first kappa shape index (κ1) is 21.4. The number of rotatable bonds is 5. The van der Waals surface area contributed by atoms with Crippen molar-refractivity contribution in [2.45, 2.75) is 16.2 Å². The third-order valence-electron chi connectivity index (χ3n) is 5.36. The summed E-state index contributed by atoms with van der Waals surface area (Å²) in [5, 5.41) is 3.68. The summed E-state index contributed by atoms with van der Waals surface area (Å²) in [6, 6.07) is 25.5. The second-order valence-corrected chi connectivity index (χ2v) is 9.14. The van der Waals surface area contributed by atoms with Gasteiger partial charge in [-0.05, 0) is 54.4 Å². The molecule has 4 nitrogen and oxygen atoms in total. The van der Waals surface area contributed by atoms with Gasteiger partial charge < -0.3 is 5.32 Å². The van der Waals surface area contributed by atoms with E-state index in [9.17, 15) is 4.79 Å². The molecule has 0 spiro atoms. The Morgan fingerprint density at radius 2 is 1.79 bits per heavy atom. The van der Waals surface area contributed by atoms with E-state index in [1.807, 2.05) is 72.9 Å². The first-order valence-corrected chi connectivity index (χ1v) is 11.8. The molecule has 162 valence electrons. The molecule has 1 amide bonds. The number of benzene rings is 3. The molecule has 1 aliphatic heterocycles. The van der Waals surface area contributed by atoms with E-state index in [2.05, 4.69) is 22.4 Å². The molecular weight excluding hydrogens is 450 g/mol. The molecule has 0 atom stereocenters. The molecule has 0 aliphatic carbocycles. The number of amides is 1. The second kappa shape index (κ2) is 9.61. The van der Waals surface area contributed by atoms with Crippen molar-refractivity contribution >= 4 is 40.7 Å². The average molecular weight is 470 g/mol. The van der Waals surface area contributed by atoms with Gasteiger partial charge in [0.15, 0.2) is 0 Å². The number of aliphatic imine (C=N–C) groups is 1. The van der Waals surface area contributed by atoms with Crippen molar-refractivity contribution in [2.75, 3.05) is 6.54 Å². The Kier molecular flexibility index (Phi) is 6.24. The van der Waals surface area contributed by atoms with Gasteiger partial charge in [0.2, 0.25) is 0 Å². The molecule has 33 heavy (non-hydrogen) atoms. The van der Waals surface area contributed by atoms with Crippen molar-refractivity contribution in [1.82, 2.24) is 10.3 Å². The van der Waals surface area contributed by atoms with Crippen molar-refractivity contribution in [1.29, 1.82) is 0 Å². The first-order chi connectivity index (χ1) is 16.2. The summed E-state index contributed by atoms with van der Waals surface area (Å²) in [6.45, 7) is 0.543. The van der Waals surface area contributed by atoms with Crippen LogP contribution in [0.15, 0.2) is 106 Å². The lowest BCUT2D eigenvalue weighted by Crippen LogP contribution is -2.25. The smallest absolute Gasteiger partial charge is 0.251 e. The van der Waals surface area contributed by atoms with Crippen LogP contribution < -0.4 is 5.32 Å². The van der Waals surface area contributed by atoms with Gasteiger partial charge in [0.25, 0.3) is 5.91 Å². The Balaban J connectivity index is 1.45. The number of nitrogens with zero attached hydrogens (tertiary/aromatic N) is 2. The van der Waals surface area contributed by atoms with Crippen LogP contribution >= 0.6 is 23.4 Å². The third-order valence-corrected chi connectivity index (χ3v) is 6.75. The van der Waals surface area contributed by atoms with Gasteiger partial charge in [-0.1, -0.05) is 59.8 Å². The van der Waals surface area contributed by atoms with E-state index >= 15 is 0 Å². The standard InChI is InChI=1S/C27H20ClN3OS/c28-21-10-7-19(8-11-21)26-22-5-1-2-6-24(22)33-25-12-9-20(16-23(25)31-26)27(32)30-15-13-18-4-3-14-29-17-18/h1-12,14,16-17H,13,15H2,(H,30,32). The van der Waals surface area contributed by atoms with Crippen molar-refractivity contribution in [3.63, 3.8) is 0 Å². The number of halogens is 1. The van der Waals surface area contributed by atoms with Crippen LogP contribution in [0, 0.1) is 0 Å². The maximum absolute atomic E-state index is 12.8. The zero-order chi connectivity index (χ0) is 22.6. The molecule has 1 aliphatic rings. The Labute approximate surface area is 201 Å². The molecular formula is C27H20ClN3OS. The van der Waals surface area contributed by atoms with Gasteiger partial charge in [0, 0.05) is 50.4 Å². The summed E-state index contributed by atoms with van der Waals surface area (Å²) in [5.74, 6) is -0.114. The van der Waals surface area contributed by atoms with E-state index in [0.29, 0.717) is 17.1 Å². The van der Waals surface area contributed by atoms with Crippen LogP contribution in [0.5, 0.6) is 0 Å². The maximum atomic E-state index is 12.8. The van der Waals surface area contributed by atoms with Crippen LogP contribution in [0.4, 0.5) is 5.69 Å². The lowest BCUT2D eigenvalue weighted by atomic mass is 10.0. The summed E-state index contributed by atoms with van der Waals surface area (Å²) >= 11 is 7.77. The zero-order valence-electron chi connectivity index (χ0n) is 17.7. The van der Waals surface area contributed by atoms with E-state index in [1.165, 1.54) is 0 Å². The lowest BCUT2D eigenvalue weighted by molar-refractivity contribution is 0.0954. The monoisotopic (exact) mass is 469 g/mol. The number of hydrogen-bond acceptors (Lipinski definition) is 4. The number of aromatic nitrogens is 1. The first-order valence-electron chi connectivity index (χ1n) is 10.6. The molecule has 0 fully saturated rings. The predicted octanol–water partition coefficient (Wildman–Crippen LogP) is 6.34. The van der Waals surface area contributed by atoms with Crippen LogP contribution in [-0.2, 0) is 6.42 Å². The Morgan fingerprint density at radius 1 is 0.939 bits per heavy atom. The highest BCUT2D eigenvalue weighted by Gasteiger charge is 2.20. The van der Waals surface area contributed by atoms with Gasteiger partial charge in [0.1, 0.15) is 0 Å². The van der Waals surface area contributed by atoms with Gasteiger partial charge in [-0.25, -0.2) is 4.99 Å². The average Bonchev–Trinajstić information content (AvgIpc) is 3.01. The molecule has 4 aromatic rings. The molecule has 5 rings (SSSR count). The Morgan fingerprint density at radius 3 is 2.61 bits per heavy atom. The number of pyridine rings is 1. The topological polar surface area (TPSA) is 54.4 Å². The summed E-state index contributed by atoms with van der Waals surface area (Å²) in [7, 11) is 0. The normalized spacial score (nSPS) is 12.2. The molecule has 1 N–H and O–H groups in total. The van der Waals surface area contributed by atoms with Gasteiger partial charge in [-0.2, -0.15) is 0 Å². The minimum Gasteiger partial charge on any atom is -0.352 e. The molecule has 6 heteroatoms. The van der Waals surface area contributed by atoms with Crippen molar-refractivity contribution in [3.8, 4) is 0 Å². The molecule has 0 bridgehead atoms. The van der Waals surface area contributed by atoms with E-state index < -0.39 is 0 Å². The molecule has 1 aromatic heterocycles. The Hall–Kier alpha value is -3.41. The molecule has 0 saturated carbocycles. The van der Waals surface area contributed by atoms with E-state index in [4.69, 9.17) is 16.6 Å². The van der Waals surface area contributed by atoms with Crippen LogP contribution in [0.1, 0.15) is 27.0 Å². The molecule has 2 heterocycles. The highest BCUT2D eigenvalue weighted by atomic mass is 35.5. The van der Waals surface area contributed by atoms with Gasteiger partial charge in [-0.15, -0.1) is 0 Å².